The molecule has 0 radical (unpaired) electrons. The fourth-order valence-electron chi connectivity index (χ4n) is 3.48. The van der Waals surface area contributed by atoms with E-state index in [1.165, 1.54) is 16.4 Å². The van der Waals surface area contributed by atoms with E-state index in [4.69, 9.17) is 0 Å². The number of halogens is 3. The molecule has 0 aliphatic carbocycles. The molecule has 152 valence electrons. The molecule has 1 aromatic rings. The van der Waals surface area contributed by atoms with Crippen LogP contribution in [0.5, 0.6) is 5.75 Å². The van der Waals surface area contributed by atoms with Crippen LogP contribution >= 0.6 is 11.8 Å². The number of nitrogens with zero attached hydrogens (tertiary/aromatic N) is 2. The molecule has 1 aromatic carbocycles. The van der Waals surface area contributed by atoms with E-state index in [1.807, 2.05) is 0 Å². The summed E-state index contributed by atoms with van der Waals surface area (Å²) in [6.07, 6.45) is -1.78. The second kappa shape index (κ2) is 8.59. The van der Waals surface area contributed by atoms with Gasteiger partial charge in [0, 0.05) is 24.9 Å². The predicted octanol–water partition coefficient (Wildman–Crippen LogP) is 3.18. The summed E-state index contributed by atoms with van der Waals surface area (Å²) >= 11 is 1.75. The van der Waals surface area contributed by atoms with Crippen molar-refractivity contribution in [2.24, 2.45) is 0 Å². The van der Waals surface area contributed by atoms with Gasteiger partial charge in [-0.1, -0.05) is 0 Å². The highest BCUT2D eigenvalue weighted by molar-refractivity contribution is 7.99. The fraction of sp³-hybridized carbons (Fsp3) is 0.647. The Balaban J connectivity index is 1.79. The van der Waals surface area contributed by atoms with Crippen LogP contribution in [0.3, 0.4) is 0 Å². The van der Waals surface area contributed by atoms with Crippen LogP contribution in [0.25, 0.3) is 0 Å². The Kier molecular flexibility index (Phi) is 6.60. The van der Waals surface area contributed by atoms with Crippen molar-refractivity contribution in [2.45, 2.75) is 36.6 Å². The van der Waals surface area contributed by atoms with Crippen molar-refractivity contribution in [3.63, 3.8) is 0 Å². The van der Waals surface area contributed by atoms with Crippen molar-refractivity contribution in [2.75, 3.05) is 37.7 Å². The monoisotopic (exact) mass is 424 g/mol. The molecule has 10 heteroatoms. The Morgan fingerprint density at radius 3 is 2.37 bits per heavy atom. The Morgan fingerprint density at radius 1 is 1.07 bits per heavy atom. The number of thioether (sulfide) groups is 1. The van der Waals surface area contributed by atoms with E-state index in [0.717, 1.165) is 56.0 Å². The first-order valence-electron chi connectivity index (χ1n) is 8.93. The van der Waals surface area contributed by atoms with E-state index in [2.05, 4.69) is 9.64 Å². The van der Waals surface area contributed by atoms with Crippen molar-refractivity contribution >= 4 is 21.8 Å². The molecule has 1 atom stereocenters. The molecule has 0 N–H and O–H groups in total. The average molecular weight is 425 g/mol. The molecule has 0 amide bonds. The normalized spacial score (nSPS) is 23.3. The van der Waals surface area contributed by atoms with Gasteiger partial charge in [0.1, 0.15) is 5.75 Å². The summed E-state index contributed by atoms with van der Waals surface area (Å²) < 4.78 is 68.6. The summed E-state index contributed by atoms with van der Waals surface area (Å²) in [4.78, 5) is 2.29. The zero-order chi connectivity index (χ0) is 19.5. The average Bonchev–Trinajstić information content (AvgIpc) is 2.98. The Bertz CT molecular complexity index is 720. The molecule has 2 aliphatic rings. The van der Waals surface area contributed by atoms with Gasteiger partial charge in [-0.25, -0.2) is 8.42 Å². The lowest BCUT2D eigenvalue weighted by Crippen LogP contribution is -2.47. The van der Waals surface area contributed by atoms with Crippen molar-refractivity contribution in [1.29, 1.82) is 0 Å². The third-order valence-electron chi connectivity index (χ3n) is 4.72. The van der Waals surface area contributed by atoms with Crippen molar-refractivity contribution < 1.29 is 26.3 Å². The molecule has 2 heterocycles. The zero-order valence-electron chi connectivity index (χ0n) is 14.8. The van der Waals surface area contributed by atoms with Gasteiger partial charge in [-0.15, -0.1) is 13.2 Å². The van der Waals surface area contributed by atoms with Crippen molar-refractivity contribution in [3.05, 3.63) is 24.3 Å². The van der Waals surface area contributed by atoms with Crippen LogP contribution < -0.4 is 4.74 Å². The number of hydrogen-bond acceptors (Lipinski definition) is 5. The van der Waals surface area contributed by atoms with E-state index in [1.54, 1.807) is 11.8 Å². The number of ether oxygens (including phenoxy) is 1. The first-order chi connectivity index (χ1) is 12.8. The highest BCUT2D eigenvalue weighted by atomic mass is 32.2. The van der Waals surface area contributed by atoms with Gasteiger partial charge >= 0.3 is 6.36 Å². The number of hydrogen-bond donors (Lipinski definition) is 0. The van der Waals surface area contributed by atoms with E-state index in [9.17, 15) is 21.6 Å². The van der Waals surface area contributed by atoms with E-state index >= 15 is 0 Å². The first kappa shape index (κ1) is 20.8. The van der Waals surface area contributed by atoms with Gasteiger partial charge in [-0.2, -0.15) is 16.1 Å². The summed E-state index contributed by atoms with van der Waals surface area (Å²) in [6.45, 7) is 3.09. The van der Waals surface area contributed by atoms with Crippen LogP contribution in [0.2, 0.25) is 0 Å². The Hall–Kier alpha value is -0.970. The molecule has 2 aliphatic heterocycles. The molecule has 0 saturated carbocycles. The van der Waals surface area contributed by atoms with Gasteiger partial charge < -0.3 is 9.64 Å². The lowest BCUT2D eigenvalue weighted by molar-refractivity contribution is -0.274. The van der Waals surface area contributed by atoms with Crippen LogP contribution in [0.15, 0.2) is 29.2 Å². The highest BCUT2D eigenvalue weighted by Crippen LogP contribution is 2.28. The molecule has 1 unspecified atom stereocenters. The fourth-order valence-corrected chi connectivity index (χ4v) is 6.29. The van der Waals surface area contributed by atoms with Crippen LogP contribution in [-0.2, 0) is 10.0 Å². The number of sulfonamides is 1. The largest absolute Gasteiger partial charge is 0.573 e. The minimum absolute atomic E-state index is 0.00431. The molecule has 2 fully saturated rings. The lowest BCUT2D eigenvalue weighted by Gasteiger charge is -2.31. The molecular formula is C17H23F3N2O3S2. The quantitative estimate of drug-likeness (QED) is 0.727. The van der Waals surface area contributed by atoms with E-state index < -0.39 is 22.1 Å². The van der Waals surface area contributed by atoms with Crippen molar-refractivity contribution in [3.8, 4) is 5.75 Å². The molecular weight excluding hydrogens is 401 g/mol. The topological polar surface area (TPSA) is 49.9 Å². The second-order valence-electron chi connectivity index (χ2n) is 6.72. The summed E-state index contributed by atoms with van der Waals surface area (Å²) in [7, 11) is -3.78. The van der Waals surface area contributed by atoms with E-state index in [0.29, 0.717) is 13.1 Å². The molecule has 0 spiro atoms. The molecule has 27 heavy (non-hydrogen) atoms. The number of alkyl halides is 3. The standard InChI is InChI=1S/C17H23F3N2O3S2/c18-17(19,20)25-15-4-6-16(7-5-15)27(23,24)22-10-3-11-26-13-14(22)12-21-8-1-2-9-21/h4-7,14H,1-3,8-13H2. The zero-order valence-corrected chi connectivity index (χ0v) is 16.5. The lowest BCUT2D eigenvalue weighted by atomic mass is 10.3. The van der Waals surface area contributed by atoms with Gasteiger partial charge in [0.05, 0.1) is 4.90 Å². The molecule has 3 rings (SSSR count). The third kappa shape index (κ3) is 5.52. The number of likely N-dealkylation sites (tertiary alicyclic amines) is 1. The number of rotatable bonds is 5. The number of benzene rings is 1. The Labute approximate surface area is 161 Å². The molecule has 0 aromatic heterocycles. The van der Waals surface area contributed by atoms with Gasteiger partial charge in [0.2, 0.25) is 10.0 Å². The summed E-state index contributed by atoms with van der Waals surface area (Å²) in [5.74, 6) is 1.20. The minimum atomic E-state index is -4.80. The summed E-state index contributed by atoms with van der Waals surface area (Å²) in [6, 6.07) is 4.32. The van der Waals surface area contributed by atoms with E-state index in [-0.39, 0.29) is 10.9 Å². The molecule has 0 bridgehead atoms. The van der Waals surface area contributed by atoms with Crippen LogP contribution in [0, 0.1) is 0 Å². The Morgan fingerprint density at radius 2 is 1.74 bits per heavy atom. The van der Waals surface area contributed by atoms with Crippen LogP contribution in [0.4, 0.5) is 13.2 Å². The second-order valence-corrected chi connectivity index (χ2v) is 9.77. The van der Waals surface area contributed by atoms with Crippen LogP contribution in [0.1, 0.15) is 19.3 Å². The van der Waals surface area contributed by atoms with Gasteiger partial charge in [-0.05, 0) is 62.4 Å². The maximum Gasteiger partial charge on any atom is 0.573 e. The van der Waals surface area contributed by atoms with Gasteiger partial charge in [0.15, 0.2) is 0 Å². The molecule has 5 nitrogen and oxygen atoms in total. The SMILES string of the molecule is O=S(=O)(c1ccc(OC(F)(F)F)cc1)N1CCCSCC1CN1CCCC1. The minimum Gasteiger partial charge on any atom is -0.406 e. The molecule has 2 saturated heterocycles. The third-order valence-corrected chi connectivity index (χ3v) is 7.88. The van der Waals surface area contributed by atoms with Crippen LogP contribution in [-0.4, -0.2) is 67.7 Å². The maximum atomic E-state index is 13.2. The highest BCUT2D eigenvalue weighted by Gasteiger charge is 2.35. The van der Waals surface area contributed by atoms with Crippen molar-refractivity contribution in [1.82, 2.24) is 9.21 Å². The predicted molar refractivity (Wildman–Crippen MR) is 98.4 cm³/mol. The smallest absolute Gasteiger partial charge is 0.406 e. The maximum absolute atomic E-state index is 13.2. The van der Waals surface area contributed by atoms with Gasteiger partial charge in [-0.3, -0.25) is 0 Å². The van der Waals surface area contributed by atoms with Gasteiger partial charge in [0.25, 0.3) is 0 Å². The summed E-state index contributed by atoms with van der Waals surface area (Å²) in [5.41, 5.74) is 0. The summed E-state index contributed by atoms with van der Waals surface area (Å²) in [5, 5.41) is 0. The first-order valence-corrected chi connectivity index (χ1v) is 11.5.